The molecule has 2 unspecified atom stereocenters. The van der Waals surface area contributed by atoms with Crippen LogP contribution < -0.4 is 5.73 Å². The molecule has 2 atom stereocenters. The zero-order valence-electron chi connectivity index (χ0n) is 12.5. The van der Waals surface area contributed by atoms with Crippen LogP contribution >= 0.6 is 0 Å². The Morgan fingerprint density at radius 2 is 1.79 bits per heavy atom. The fraction of sp³-hybridized carbons (Fsp3) is 1.00. The third kappa shape index (κ3) is 2.83. The normalized spacial score (nSPS) is 36.5. The van der Waals surface area contributed by atoms with Gasteiger partial charge in [-0.2, -0.15) is 0 Å². The van der Waals surface area contributed by atoms with E-state index >= 15 is 0 Å². The molecule has 1 aliphatic carbocycles. The number of rotatable bonds is 3. The Balaban J connectivity index is 2.23. The lowest BCUT2D eigenvalue weighted by Gasteiger charge is -2.49. The Hall–Kier alpha value is -0.130. The molecule has 0 bridgehead atoms. The molecule has 0 spiro atoms. The van der Waals surface area contributed by atoms with Crippen LogP contribution in [0.1, 0.15) is 46.0 Å². The Bertz CT molecular complexity index is 423. The van der Waals surface area contributed by atoms with Crippen molar-refractivity contribution >= 4 is 9.84 Å². The molecular weight excluding hydrogens is 260 g/mol. The molecule has 0 aromatic heterocycles. The van der Waals surface area contributed by atoms with E-state index < -0.39 is 9.84 Å². The lowest BCUT2D eigenvalue weighted by Crippen LogP contribution is -2.62. The van der Waals surface area contributed by atoms with Gasteiger partial charge in [0.1, 0.15) is 0 Å². The van der Waals surface area contributed by atoms with Crippen LogP contribution in [0.15, 0.2) is 0 Å². The second-order valence-electron chi connectivity index (χ2n) is 7.17. The van der Waals surface area contributed by atoms with E-state index in [0.717, 1.165) is 45.2 Å². The third-order valence-electron chi connectivity index (χ3n) is 5.29. The molecule has 0 aromatic rings. The molecular formula is C14H28N2O2S. The predicted molar refractivity (Wildman–Crippen MR) is 78.9 cm³/mol. The summed E-state index contributed by atoms with van der Waals surface area (Å²) in [5.74, 6) is 0. The maximum atomic E-state index is 12.1. The summed E-state index contributed by atoms with van der Waals surface area (Å²) >= 11 is 0. The van der Waals surface area contributed by atoms with Crippen molar-refractivity contribution in [1.29, 1.82) is 0 Å². The van der Waals surface area contributed by atoms with Gasteiger partial charge in [-0.25, -0.2) is 8.42 Å². The third-order valence-corrected chi connectivity index (χ3v) is 7.00. The Labute approximate surface area is 117 Å². The predicted octanol–water partition coefficient (Wildman–Crippen LogP) is 1.40. The summed E-state index contributed by atoms with van der Waals surface area (Å²) in [5, 5.41) is -0.272. The van der Waals surface area contributed by atoms with Gasteiger partial charge in [-0.3, -0.25) is 4.90 Å². The van der Waals surface area contributed by atoms with Crippen LogP contribution in [0.4, 0.5) is 0 Å². The summed E-state index contributed by atoms with van der Waals surface area (Å²) in [5.41, 5.74) is 6.13. The number of hydrogen-bond donors (Lipinski definition) is 1. The minimum Gasteiger partial charge on any atom is -0.329 e. The smallest absolute Gasteiger partial charge is 0.152 e. The zero-order valence-corrected chi connectivity index (χ0v) is 13.3. The van der Waals surface area contributed by atoms with Crippen molar-refractivity contribution in [3.63, 3.8) is 0 Å². The van der Waals surface area contributed by atoms with Gasteiger partial charge >= 0.3 is 0 Å². The van der Waals surface area contributed by atoms with Crippen LogP contribution in [0.2, 0.25) is 0 Å². The number of nitrogens with two attached hydrogens (primary N) is 1. The molecule has 19 heavy (non-hydrogen) atoms. The first kappa shape index (κ1) is 15.3. The average Bonchev–Trinajstić information content (AvgIpc) is 2.73. The minimum atomic E-state index is -3.02. The molecule has 0 radical (unpaired) electrons. The van der Waals surface area contributed by atoms with E-state index in [2.05, 4.69) is 18.7 Å². The molecule has 0 aromatic carbocycles. The van der Waals surface area contributed by atoms with Crippen LogP contribution in [0.5, 0.6) is 0 Å². The molecule has 2 N–H and O–H groups in total. The van der Waals surface area contributed by atoms with Crippen molar-refractivity contribution in [3.05, 3.63) is 0 Å². The summed E-state index contributed by atoms with van der Waals surface area (Å²) in [6.45, 7) is 7.02. The molecule has 2 rings (SSSR count). The molecule has 2 aliphatic rings. The van der Waals surface area contributed by atoms with Gasteiger partial charge in [0.15, 0.2) is 9.84 Å². The summed E-state index contributed by atoms with van der Waals surface area (Å²) < 4.78 is 24.2. The van der Waals surface area contributed by atoms with Crippen LogP contribution in [-0.2, 0) is 9.84 Å². The quantitative estimate of drug-likeness (QED) is 0.853. The highest BCUT2D eigenvalue weighted by atomic mass is 32.2. The van der Waals surface area contributed by atoms with Crippen LogP contribution in [-0.4, -0.2) is 50.0 Å². The summed E-state index contributed by atoms with van der Waals surface area (Å²) in [6, 6.07) is 0. The van der Waals surface area contributed by atoms with Crippen LogP contribution in [0.3, 0.4) is 0 Å². The van der Waals surface area contributed by atoms with Gasteiger partial charge in [-0.15, -0.1) is 0 Å². The Morgan fingerprint density at radius 1 is 1.21 bits per heavy atom. The van der Waals surface area contributed by atoms with Gasteiger partial charge in [0.25, 0.3) is 0 Å². The van der Waals surface area contributed by atoms with Gasteiger partial charge in [-0.1, -0.05) is 20.3 Å². The molecule has 2 fully saturated rings. The highest BCUT2D eigenvalue weighted by molar-refractivity contribution is 7.91. The van der Waals surface area contributed by atoms with Gasteiger partial charge in [0.2, 0.25) is 0 Å². The monoisotopic (exact) mass is 288 g/mol. The average molecular weight is 288 g/mol. The number of piperidine rings is 1. The zero-order chi connectivity index (χ0) is 14.3. The molecule has 0 amide bonds. The van der Waals surface area contributed by atoms with Gasteiger partial charge in [0.05, 0.1) is 5.25 Å². The minimum absolute atomic E-state index is 0.272. The number of likely N-dealkylation sites (tertiary alicyclic amines) is 1. The fourth-order valence-corrected chi connectivity index (χ4v) is 5.67. The highest BCUT2D eigenvalue weighted by Gasteiger charge is 2.51. The van der Waals surface area contributed by atoms with Crippen molar-refractivity contribution in [2.45, 2.75) is 56.7 Å². The van der Waals surface area contributed by atoms with E-state index in [9.17, 15) is 8.42 Å². The lowest BCUT2D eigenvalue weighted by atomic mass is 9.80. The Kier molecular flexibility index (Phi) is 4.02. The molecule has 4 nitrogen and oxygen atoms in total. The van der Waals surface area contributed by atoms with Gasteiger partial charge in [0, 0.05) is 18.3 Å². The van der Waals surface area contributed by atoms with Crippen molar-refractivity contribution in [1.82, 2.24) is 4.90 Å². The first-order valence-electron chi connectivity index (χ1n) is 7.35. The summed E-state index contributed by atoms with van der Waals surface area (Å²) in [6.07, 6.45) is 6.32. The second kappa shape index (κ2) is 5.01. The van der Waals surface area contributed by atoms with E-state index in [1.807, 2.05) is 0 Å². The first-order chi connectivity index (χ1) is 8.71. The molecule has 1 aliphatic heterocycles. The van der Waals surface area contributed by atoms with Crippen molar-refractivity contribution in [2.24, 2.45) is 11.1 Å². The van der Waals surface area contributed by atoms with Crippen molar-refractivity contribution in [2.75, 3.05) is 25.9 Å². The molecule has 112 valence electrons. The van der Waals surface area contributed by atoms with E-state index in [1.165, 1.54) is 6.26 Å². The van der Waals surface area contributed by atoms with Crippen molar-refractivity contribution in [3.8, 4) is 0 Å². The van der Waals surface area contributed by atoms with Crippen molar-refractivity contribution < 1.29 is 8.42 Å². The molecule has 5 heteroatoms. The fourth-order valence-electron chi connectivity index (χ4n) is 3.92. The van der Waals surface area contributed by atoms with Crippen LogP contribution in [0.25, 0.3) is 0 Å². The van der Waals surface area contributed by atoms with Gasteiger partial charge < -0.3 is 5.73 Å². The van der Waals surface area contributed by atoms with Gasteiger partial charge in [-0.05, 0) is 44.2 Å². The second-order valence-corrected chi connectivity index (χ2v) is 9.40. The standard InChI is InChI=1S/C14H28N2O2S/c1-13(2)7-9-16(10-8-13)14(11-15)6-4-5-12(14)19(3,17)18/h12H,4-11,15H2,1-3H3. The Morgan fingerprint density at radius 3 is 2.26 bits per heavy atom. The molecule has 1 heterocycles. The highest BCUT2D eigenvalue weighted by Crippen LogP contribution is 2.42. The SMILES string of the molecule is CC1(C)CCN(C2(CN)CCCC2S(C)(=O)=O)CC1. The van der Waals surface area contributed by atoms with E-state index in [1.54, 1.807) is 0 Å². The summed E-state index contributed by atoms with van der Waals surface area (Å²) in [7, 11) is -3.02. The number of hydrogen-bond acceptors (Lipinski definition) is 4. The van der Waals surface area contributed by atoms with E-state index in [4.69, 9.17) is 5.73 Å². The topological polar surface area (TPSA) is 63.4 Å². The van der Waals surface area contributed by atoms with E-state index in [-0.39, 0.29) is 10.8 Å². The molecule has 1 saturated heterocycles. The lowest BCUT2D eigenvalue weighted by molar-refractivity contribution is 0.0378. The van der Waals surface area contributed by atoms with E-state index in [0.29, 0.717) is 12.0 Å². The molecule has 1 saturated carbocycles. The number of sulfone groups is 1. The number of nitrogens with zero attached hydrogens (tertiary/aromatic N) is 1. The summed E-state index contributed by atoms with van der Waals surface area (Å²) in [4.78, 5) is 2.39. The first-order valence-corrected chi connectivity index (χ1v) is 9.31. The largest absolute Gasteiger partial charge is 0.329 e. The van der Waals surface area contributed by atoms with Crippen LogP contribution in [0, 0.1) is 5.41 Å². The maximum Gasteiger partial charge on any atom is 0.152 e. The maximum absolute atomic E-state index is 12.1.